The highest BCUT2D eigenvalue weighted by Gasteiger charge is 2.22. The average Bonchev–Trinajstić information content (AvgIpc) is 3.11. The highest BCUT2D eigenvalue weighted by atomic mass is 79.9. The van der Waals surface area contributed by atoms with Crippen molar-refractivity contribution >= 4 is 50.7 Å². The maximum atomic E-state index is 12.2. The van der Waals surface area contributed by atoms with Gasteiger partial charge >= 0.3 is 5.97 Å². The fraction of sp³-hybridized carbons (Fsp3) is 0. The van der Waals surface area contributed by atoms with Crippen LogP contribution in [-0.2, 0) is 4.79 Å². The van der Waals surface area contributed by atoms with E-state index in [4.69, 9.17) is 4.74 Å². The second-order valence-corrected chi connectivity index (χ2v) is 8.11. The number of nitrogens with zero attached hydrogens (tertiary/aromatic N) is 1. The van der Waals surface area contributed by atoms with Gasteiger partial charge in [-0.05, 0) is 48.0 Å². The van der Waals surface area contributed by atoms with E-state index >= 15 is 0 Å². The van der Waals surface area contributed by atoms with Crippen molar-refractivity contribution in [3.63, 3.8) is 0 Å². The zero-order chi connectivity index (χ0) is 20.2. The highest BCUT2D eigenvalue weighted by molar-refractivity contribution is 9.10. The van der Waals surface area contributed by atoms with Crippen molar-refractivity contribution in [3.05, 3.63) is 105 Å². The van der Waals surface area contributed by atoms with Gasteiger partial charge in [-0.15, -0.1) is 0 Å². The first kappa shape index (κ1) is 19.4. The SMILES string of the molecule is O=C1N=C(c2ccccc2)S/C1=C\c1ccc(OC(=O)c2ccc(Br)cc2)cc1. The van der Waals surface area contributed by atoms with Crippen LogP contribution in [0.15, 0.2) is 93.2 Å². The Morgan fingerprint density at radius 1 is 0.931 bits per heavy atom. The van der Waals surface area contributed by atoms with E-state index in [0.717, 1.165) is 15.6 Å². The molecule has 4 nitrogen and oxygen atoms in total. The molecule has 1 aliphatic rings. The third kappa shape index (κ3) is 4.72. The van der Waals surface area contributed by atoms with Crippen molar-refractivity contribution in [1.82, 2.24) is 0 Å². The van der Waals surface area contributed by atoms with Crippen molar-refractivity contribution in [2.24, 2.45) is 4.99 Å². The molecule has 0 radical (unpaired) electrons. The molecule has 0 saturated heterocycles. The van der Waals surface area contributed by atoms with Crippen LogP contribution in [0.4, 0.5) is 0 Å². The van der Waals surface area contributed by atoms with Crippen LogP contribution in [0.1, 0.15) is 21.5 Å². The molecule has 1 amide bonds. The van der Waals surface area contributed by atoms with Gasteiger partial charge in [-0.1, -0.05) is 70.2 Å². The van der Waals surface area contributed by atoms with E-state index in [-0.39, 0.29) is 5.91 Å². The maximum absolute atomic E-state index is 12.2. The predicted molar refractivity (Wildman–Crippen MR) is 119 cm³/mol. The summed E-state index contributed by atoms with van der Waals surface area (Å²) in [6.45, 7) is 0. The van der Waals surface area contributed by atoms with E-state index in [1.165, 1.54) is 11.8 Å². The summed E-state index contributed by atoms with van der Waals surface area (Å²) in [5.74, 6) is -0.239. The van der Waals surface area contributed by atoms with Gasteiger partial charge in [0.1, 0.15) is 10.8 Å². The maximum Gasteiger partial charge on any atom is 0.343 e. The summed E-state index contributed by atoms with van der Waals surface area (Å²) in [5.41, 5.74) is 2.22. The lowest BCUT2D eigenvalue weighted by Crippen LogP contribution is -2.08. The van der Waals surface area contributed by atoms with Crippen molar-refractivity contribution in [2.45, 2.75) is 0 Å². The molecular formula is C23H14BrNO3S. The Balaban J connectivity index is 1.44. The first-order valence-corrected chi connectivity index (χ1v) is 10.4. The molecule has 3 aromatic carbocycles. The Morgan fingerprint density at radius 3 is 2.31 bits per heavy atom. The first-order valence-electron chi connectivity index (χ1n) is 8.74. The average molecular weight is 464 g/mol. The topological polar surface area (TPSA) is 55.7 Å². The third-order valence-electron chi connectivity index (χ3n) is 4.11. The van der Waals surface area contributed by atoms with E-state index in [1.54, 1.807) is 54.6 Å². The normalized spacial score (nSPS) is 14.7. The number of ether oxygens (including phenoxy) is 1. The molecular weight excluding hydrogens is 450 g/mol. The number of carbonyl (C=O) groups is 2. The summed E-state index contributed by atoms with van der Waals surface area (Å²) in [6.07, 6.45) is 1.78. The van der Waals surface area contributed by atoms with E-state index in [1.807, 2.05) is 30.3 Å². The summed E-state index contributed by atoms with van der Waals surface area (Å²) in [6, 6.07) is 23.6. The molecule has 4 rings (SSSR count). The van der Waals surface area contributed by atoms with Gasteiger partial charge in [-0.2, -0.15) is 0 Å². The molecule has 0 N–H and O–H groups in total. The molecule has 0 bridgehead atoms. The molecule has 1 aliphatic heterocycles. The van der Waals surface area contributed by atoms with Gasteiger partial charge in [0.2, 0.25) is 0 Å². The Kier molecular flexibility index (Phi) is 5.74. The lowest BCUT2D eigenvalue weighted by atomic mass is 10.2. The van der Waals surface area contributed by atoms with Crippen molar-refractivity contribution in [3.8, 4) is 5.75 Å². The molecule has 0 atom stereocenters. The summed E-state index contributed by atoms with van der Waals surface area (Å²) in [5, 5.41) is 0.696. The van der Waals surface area contributed by atoms with Crippen LogP contribution >= 0.6 is 27.7 Å². The highest BCUT2D eigenvalue weighted by Crippen LogP contribution is 2.32. The van der Waals surface area contributed by atoms with E-state index in [2.05, 4.69) is 20.9 Å². The number of halogens is 1. The smallest absolute Gasteiger partial charge is 0.343 e. The van der Waals surface area contributed by atoms with Gasteiger partial charge in [0, 0.05) is 10.0 Å². The monoisotopic (exact) mass is 463 g/mol. The van der Waals surface area contributed by atoms with Crippen LogP contribution in [0.2, 0.25) is 0 Å². The minimum absolute atomic E-state index is 0.250. The fourth-order valence-electron chi connectivity index (χ4n) is 2.65. The first-order chi connectivity index (χ1) is 14.1. The minimum Gasteiger partial charge on any atom is -0.423 e. The Morgan fingerprint density at radius 2 is 1.62 bits per heavy atom. The van der Waals surface area contributed by atoms with Crippen LogP contribution in [0.5, 0.6) is 5.75 Å². The van der Waals surface area contributed by atoms with E-state index in [0.29, 0.717) is 21.3 Å². The van der Waals surface area contributed by atoms with Gasteiger partial charge < -0.3 is 4.74 Å². The fourth-order valence-corrected chi connectivity index (χ4v) is 3.83. The quantitative estimate of drug-likeness (QED) is 0.281. The zero-order valence-corrected chi connectivity index (χ0v) is 17.4. The van der Waals surface area contributed by atoms with Gasteiger partial charge in [-0.3, -0.25) is 4.79 Å². The number of aliphatic imine (C=N–C) groups is 1. The second kappa shape index (κ2) is 8.59. The molecule has 3 aromatic rings. The summed E-state index contributed by atoms with van der Waals surface area (Å²) >= 11 is 4.69. The Hall–Kier alpha value is -2.96. The van der Waals surface area contributed by atoms with Crippen LogP contribution in [0, 0.1) is 0 Å². The van der Waals surface area contributed by atoms with Gasteiger partial charge in [0.15, 0.2) is 0 Å². The summed E-state index contributed by atoms with van der Waals surface area (Å²) in [4.78, 5) is 29.1. The number of hydrogen-bond donors (Lipinski definition) is 0. The number of rotatable bonds is 4. The largest absolute Gasteiger partial charge is 0.423 e. The number of hydrogen-bond acceptors (Lipinski definition) is 4. The minimum atomic E-state index is -0.425. The predicted octanol–water partition coefficient (Wildman–Crippen LogP) is 5.73. The molecule has 0 fully saturated rings. The van der Waals surface area contributed by atoms with Gasteiger partial charge in [-0.25, -0.2) is 9.79 Å². The molecule has 0 unspecified atom stereocenters. The third-order valence-corrected chi connectivity index (χ3v) is 5.67. The Bertz CT molecular complexity index is 1120. The standard InChI is InChI=1S/C23H14BrNO3S/c24-18-10-8-17(9-11-18)23(27)28-19-12-6-15(7-13-19)14-20-21(26)25-22(29-20)16-4-2-1-3-5-16/h1-14H/b20-14-. The summed E-state index contributed by atoms with van der Waals surface area (Å²) < 4.78 is 6.29. The second-order valence-electron chi connectivity index (χ2n) is 6.16. The molecule has 29 heavy (non-hydrogen) atoms. The van der Waals surface area contributed by atoms with Crippen molar-refractivity contribution < 1.29 is 14.3 Å². The van der Waals surface area contributed by atoms with Crippen molar-refractivity contribution in [1.29, 1.82) is 0 Å². The molecule has 0 aliphatic carbocycles. The number of carbonyl (C=O) groups excluding carboxylic acids is 2. The van der Waals surface area contributed by atoms with Crippen LogP contribution in [-0.4, -0.2) is 16.9 Å². The molecule has 0 saturated carbocycles. The van der Waals surface area contributed by atoms with Crippen LogP contribution in [0.3, 0.4) is 0 Å². The Labute approximate surface area is 180 Å². The number of thioether (sulfide) groups is 1. The molecule has 142 valence electrons. The van der Waals surface area contributed by atoms with Crippen molar-refractivity contribution in [2.75, 3.05) is 0 Å². The van der Waals surface area contributed by atoms with Gasteiger partial charge in [0.05, 0.1) is 10.5 Å². The summed E-state index contributed by atoms with van der Waals surface area (Å²) in [7, 11) is 0. The number of benzene rings is 3. The zero-order valence-electron chi connectivity index (χ0n) is 15.0. The number of amides is 1. The van der Waals surface area contributed by atoms with E-state index < -0.39 is 5.97 Å². The number of esters is 1. The molecule has 0 aromatic heterocycles. The molecule has 1 heterocycles. The van der Waals surface area contributed by atoms with Gasteiger partial charge in [0.25, 0.3) is 5.91 Å². The lowest BCUT2D eigenvalue weighted by Gasteiger charge is -2.05. The lowest BCUT2D eigenvalue weighted by molar-refractivity contribution is -0.113. The molecule has 6 heteroatoms. The molecule has 0 spiro atoms. The van der Waals surface area contributed by atoms with Crippen LogP contribution < -0.4 is 4.74 Å². The van der Waals surface area contributed by atoms with Crippen LogP contribution in [0.25, 0.3) is 6.08 Å². The van der Waals surface area contributed by atoms with E-state index in [9.17, 15) is 9.59 Å².